The van der Waals surface area contributed by atoms with Gasteiger partial charge in [0.15, 0.2) is 0 Å². The number of benzene rings is 1. The van der Waals surface area contributed by atoms with Gasteiger partial charge in [-0.15, -0.1) is 0 Å². The molecule has 0 radical (unpaired) electrons. The van der Waals surface area contributed by atoms with Crippen LogP contribution < -0.4 is 10.6 Å². The molecule has 18 heavy (non-hydrogen) atoms. The molecule has 1 amide bonds. The van der Waals surface area contributed by atoms with Crippen molar-refractivity contribution >= 4 is 34.2 Å². The highest BCUT2D eigenvalue weighted by Crippen LogP contribution is 2.26. The largest absolute Gasteiger partial charge is 0.324 e. The lowest BCUT2D eigenvalue weighted by molar-refractivity contribution is -0.122. The van der Waals surface area contributed by atoms with Crippen molar-refractivity contribution in [3.8, 4) is 0 Å². The van der Waals surface area contributed by atoms with Gasteiger partial charge in [0, 0.05) is 9.26 Å². The van der Waals surface area contributed by atoms with Crippen LogP contribution in [0.3, 0.4) is 0 Å². The number of hydrogen-bond donors (Lipinski definition) is 2. The molecular formula is C14H19IN2O. The van der Waals surface area contributed by atoms with Gasteiger partial charge in [0.2, 0.25) is 5.91 Å². The van der Waals surface area contributed by atoms with Gasteiger partial charge in [-0.1, -0.05) is 13.0 Å². The van der Waals surface area contributed by atoms with Crippen molar-refractivity contribution in [2.75, 3.05) is 11.9 Å². The van der Waals surface area contributed by atoms with Gasteiger partial charge in [0.25, 0.3) is 0 Å². The molecule has 98 valence electrons. The molecule has 0 aromatic heterocycles. The van der Waals surface area contributed by atoms with E-state index < -0.39 is 0 Å². The third kappa shape index (κ3) is 2.54. The Morgan fingerprint density at radius 3 is 2.94 bits per heavy atom. The molecule has 1 aliphatic rings. The normalized spacial score (nSPS) is 23.1. The summed E-state index contributed by atoms with van der Waals surface area (Å²) in [5, 5.41) is 6.44. The van der Waals surface area contributed by atoms with Crippen molar-refractivity contribution in [3.05, 3.63) is 27.3 Å². The molecule has 2 N–H and O–H groups in total. The second-order valence-corrected chi connectivity index (χ2v) is 5.99. The van der Waals surface area contributed by atoms with Gasteiger partial charge in [0.1, 0.15) is 0 Å². The Balaban J connectivity index is 2.18. The molecule has 1 heterocycles. The fraction of sp³-hybridized carbons (Fsp3) is 0.500. The molecule has 4 heteroatoms. The van der Waals surface area contributed by atoms with Gasteiger partial charge in [-0.25, -0.2) is 0 Å². The fourth-order valence-corrected chi connectivity index (χ4v) is 2.95. The maximum atomic E-state index is 12.5. The molecule has 0 saturated carbocycles. The average Bonchev–Trinajstić information content (AvgIpc) is 2.85. The van der Waals surface area contributed by atoms with Crippen molar-refractivity contribution in [1.29, 1.82) is 0 Å². The minimum Gasteiger partial charge on any atom is -0.324 e. The van der Waals surface area contributed by atoms with Crippen LogP contribution in [-0.4, -0.2) is 18.0 Å². The second kappa shape index (κ2) is 5.57. The summed E-state index contributed by atoms with van der Waals surface area (Å²) in [4.78, 5) is 12.5. The first-order valence-corrected chi connectivity index (χ1v) is 7.48. The minimum atomic E-state index is -0.367. The first-order chi connectivity index (χ1) is 8.59. The molecule has 1 atom stereocenters. The summed E-state index contributed by atoms with van der Waals surface area (Å²) in [7, 11) is 0. The lowest BCUT2D eigenvalue weighted by Crippen LogP contribution is -2.50. The molecular weight excluding hydrogens is 339 g/mol. The molecule has 1 fully saturated rings. The summed E-state index contributed by atoms with van der Waals surface area (Å²) in [6.45, 7) is 5.05. The lowest BCUT2D eigenvalue weighted by Gasteiger charge is -2.27. The molecule has 1 aromatic rings. The lowest BCUT2D eigenvalue weighted by atomic mass is 9.93. The maximum absolute atomic E-state index is 12.5. The van der Waals surface area contributed by atoms with Crippen molar-refractivity contribution in [2.24, 2.45) is 0 Å². The molecule has 1 saturated heterocycles. The van der Waals surface area contributed by atoms with Gasteiger partial charge in [-0.3, -0.25) is 4.79 Å². The molecule has 1 aromatic carbocycles. The smallest absolute Gasteiger partial charge is 0.244 e. The van der Waals surface area contributed by atoms with Crippen molar-refractivity contribution < 1.29 is 4.79 Å². The van der Waals surface area contributed by atoms with Crippen molar-refractivity contribution in [1.82, 2.24) is 5.32 Å². The number of carbonyl (C=O) groups excluding carboxylic acids is 1. The van der Waals surface area contributed by atoms with E-state index in [0.29, 0.717) is 0 Å². The van der Waals surface area contributed by atoms with Crippen molar-refractivity contribution in [2.45, 2.75) is 38.6 Å². The van der Waals surface area contributed by atoms with E-state index in [9.17, 15) is 4.79 Å². The molecule has 1 aliphatic heterocycles. The standard InChI is InChI=1S/C14H19IN2O/c1-3-14(8-5-9-16-14)13(18)17-12-7-4-6-11(15)10(12)2/h4,6-7,16H,3,5,8-9H2,1-2H3,(H,17,18). The highest BCUT2D eigenvalue weighted by atomic mass is 127. The number of anilines is 1. The Morgan fingerprint density at radius 2 is 2.33 bits per heavy atom. The number of carbonyl (C=O) groups is 1. The van der Waals surface area contributed by atoms with Crippen LogP contribution in [0, 0.1) is 10.5 Å². The van der Waals surface area contributed by atoms with Crippen LogP contribution >= 0.6 is 22.6 Å². The first-order valence-electron chi connectivity index (χ1n) is 6.40. The summed E-state index contributed by atoms with van der Waals surface area (Å²) in [5.41, 5.74) is 1.69. The van der Waals surface area contributed by atoms with Crippen LogP contribution in [0.25, 0.3) is 0 Å². The van der Waals surface area contributed by atoms with Gasteiger partial charge >= 0.3 is 0 Å². The number of nitrogens with one attached hydrogen (secondary N) is 2. The van der Waals surface area contributed by atoms with E-state index in [2.05, 4.69) is 46.2 Å². The monoisotopic (exact) mass is 358 g/mol. The van der Waals surface area contributed by atoms with E-state index >= 15 is 0 Å². The van der Waals surface area contributed by atoms with E-state index in [0.717, 1.165) is 37.1 Å². The number of hydrogen-bond acceptors (Lipinski definition) is 2. The summed E-state index contributed by atoms with van der Waals surface area (Å²) < 4.78 is 1.18. The summed E-state index contributed by atoms with van der Waals surface area (Å²) >= 11 is 2.29. The first kappa shape index (κ1) is 13.8. The predicted octanol–water partition coefficient (Wildman–Crippen LogP) is 3.07. The van der Waals surface area contributed by atoms with Gasteiger partial charge in [0.05, 0.1) is 5.54 Å². The van der Waals surface area contributed by atoms with Crippen LogP contribution in [0.1, 0.15) is 31.7 Å². The third-order valence-electron chi connectivity index (χ3n) is 3.80. The topological polar surface area (TPSA) is 41.1 Å². The van der Waals surface area contributed by atoms with E-state index in [1.165, 1.54) is 3.57 Å². The van der Waals surface area contributed by atoms with Gasteiger partial charge in [-0.05, 0) is 73.0 Å². The molecule has 0 aliphatic carbocycles. The van der Waals surface area contributed by atoms with E-state index in [1.54, 1.807) is 0 Å². The Labute approximate surface area is 122 Å². The highest BCUT2D eigenvalue weighted by Gasteiger charge is 2.39. The van der Waals surface area contributed by atoms with Crippen molar-refractivity contribution in [3.63, 3.8) is 0 Å². The van der Waals surface area contributed by atoms with Crippen LogP contribution in [-0.2, 0) is 4.79 Å². The summed E-state index contributed by atoms with van der Waals surface area (Å²) in [5.74, 6) is 0.104. The van der Waals surface area contributed by atoms with Crippen LogP contribution in [0.5, 0.6) is 0 Å². The Bertz CT molecular complexity index is 453. The number of amides is 1. The number of rotatable bonds is 3. The second-order valence-electron chi connectivity index (χ2n) is 4.83. The zero-order chi connectivity index (χ0) is 13.2. The number of halogens is 1. The zero-order valence-electron chi connectivity index (χ0n) is 10.8. The fourth-order valence-electron chi connectivity index (χ4n) is 2.45. The Hall–Kier alpha value is -0.620. The van der Waals surface area contributed by atoms with E-state index in [4.69, 9.17) is 0 Å². The molecule has 1 unspecified atom stereocenters. The maximum Gasteiger partial charge on any atom is 0.244 e. The van der Waals surface area contributed by atoms with Crippen LogP contribution in [0.4, 0.5) is 5.69 Å². The Kier molecular flexibility index (Phi) is 4.27. The van der Waals surface area contributed by atoms with E-state index in [1.807, 2.05) is 19.1 Å². The van der Waals surface area contributed by atoms with E-state index in [-0.39, 0.29) is 11.4 Å². The third-order valence-corrected chi connectivity index (χ3v) is 4.97. The zero-order valence-corrected chi connectivity index (χ0v) is 13.0. The van der Waals surface area contributed by atoms with Gasteiger partial charge in [-0.2, -0.15) is 0 Å². The quantitative estimate of drug-likeness (QED) is 0.816. The molecule has 0 bridgehead atoms. The van der Waals surface area contributed by atoms with Gasteiger partial charge < -0.3 is 10.6 Å². The minimum absolute atomic E-state index is 0.104. The Morgan fingerprint density at radius 1 is 1.56 bits per heavy atom. The summed E-state index contributed by atoms with van der Waals surface area (Å²) in [6, 6.07) is 5.99. The average molecular weight is 358 g/mol. The highest BCUT2D eigenvalue weighted by molar-refractivity contribution is 14.1. The van der Waals surface area contributed by atoms with Crippen LogP contribution in [0.15, 0.2) is 18.2 Å². The SMILES string of the molecule is CCC1(C(=O)Nc2cccc(I)c2C)CCCN1. The predicted molar refractivity (Wildman–Crippen MR) is 82.8 cm³/mol. The molecule has 3 nitrogen and oxygen atoms in total. The molecule has 0 spiro atoms. The van der Waals surface area contributed by atoms with Crippen LogP contribution in [0.2, 0.25) is 0 Å². The molecule has 2 rings (SSSR count). The summed E-state index contributed by atoms with van der Waals surface area (Å²) in [6.07, 6.45) is 2.84.